The molecule has 2 aromatic heterocycles. The minimum absolute atomic E-state index is 0.0416. The van der Waals surface area contributed by atoms with Gasteiger partial charge in [-0.15, -0.1) is 0 Å². The Kier molecular flexibility index (Phi) is 4.91. The molecule has 6 nitrogen and oxygen atoms in total. The summed E-state index contributed by atoms with van der Waals surface area (Å²) in [7, 11) is 0. The molecule has 2 N–H and O–H groups in total. The van der Waals surface area contributed by atoms with Gasteiger partial charge in [0.15, 0.2) is 0 Å². The summed E-state index contributed by atoms with van der Waals surface area (Å²) in [5.74, 6) is 5.77. The van der Waals surface area contributed by atoms with E-state index in [9.17, 15) is 14.7 Å². The zero-order valence-corrected chi connectivity index (χ0v) is 16.2. The van der Waals surface area contributed by atoms with Crippen LogP contribution in [0.5, 0.6) is 0 Å². The van der Waals surface area contributed by atoms with Crippen molar-refractivity contribution in [1.29, 1.82) is 0 Å². The fourth-order valence-corrected chi connectivity index (χ4v) is 3.10. The van der Waals surface area contributed by atoms with Gasteiger partial charge in [-0.2, -0.15) is 0 Å². The third-order valence-corrected chi connectivity index (χ3v) is 4.71. The number of carbonyl (C=O) groups excluding carboxylic acids is 1. The lowest BCUT2D eigenvalue weighted by atomic mass is 10.1. The normalized spacial score (nSPS) is 17.7. The van der Waals surface area contributed by atoms with E-state index < -0.39 is 5.91 Å². The van der Waals surface area contributed by atoms with Crippen LogP contribution in [-0.4, -0.2) is 32.7 Å². The summed E-state index contributed by atoms with van der Waals surface area (Å²) in [6, 6.07) is 10.8. The van der Waals surface area contributed by atoms with E-state index in [0.717, 1.165) is 17.7 Å². The fourth-order valence-electron chi connectivity index (χ4n) is 3.10. The number of fused-ring (bicyclic) bond motifs is 1. The molecule has 2 heterocycles. The van der Waals surface area contributed by atoms with Crippen molar-refractivity contribution >= 4 is 16.9 Å². The van der Waals surface area contributed by atoms with E-state index in [2.05, 4.69) is 22.1 Å². The second kappa shape index (κ2) is 7.53. The SMILES string of the molecule is CC(C)NC(=O)c1cn(-c2cccc(C#CC3CC3O)c2)c2ncccc2c1=O. The van der Waals surface area contributed by atoms with Crippen molar-refractivity contribution in [3.05, 3.63) is 70.1 Å². The smallest absolute Gasteiger partial charge is 0.256 e. The molecule has 2 unspecified atom stereocenters. The maximum atomic E-state index is 12.9. The van der Waals surface area contributed by atoms with Crippen molar-refractivity contribution in [2.24, 2.45) is 5.92 Å². The van der Waals surface area contributed by atoms with Crippen LogP contribution in [0, 0.1) is 17.8 Å². The summed E-state index contributed by atoms with van der Waals surface area (Å²) in [6.45, 7) is 3.69. The van der Waals surface area contributed by atoms with E-state index >= 15 is 0 Å². The molecule has 1 aliphatic rings. The molecule has 1 aliphatic carbocycles. The molecule has 1 aromatic carbocycles. The number of aliphatic hydroxyl groups is 1. The zero-order chi connectivity index (χ0) is 20.5. The predicted octanol–water partition coefficient (Wildman–Crippen LogP) is 2.26. The maximum Gasteiger partial charge on any atom is 0.256 e. The molecule has 1 saturated carbocycles. The summed E-state index contributed by atoms with van der Waals surface area (Å²) < 4.78 is 1.74. The van der Waals surface area contributed by atoms with Crippen molar-refractivity contribution in [2.45, 2.75) is 32.4 Å². The van der Waals surface area contributed by atoms with Crippen LogP contribution < -0.4 is 10.7 Å². The molecule has 6 heteroatoms. The quantitative estimate of drug-likeness (QED) is 0.675. The lowest BCUT2D eigenvalue weighted by molar-refractivity contribution is 0.0941. The molecular formula is C23H21N3O3. The van der Waals surface area contributed by atoms with Gasteiger partial charge in [0.1, 0.15) is 11.2 Å². The lowest BCUT2D eigenvalue weighted by Crippen LogP contribution is -2.34. The maximum absolute atomic E-state index is 12.9. The van der Waals surface area contributed by atoms with Gasteiger partial charge >= 0.3 is 0 Å². The molecule has 29 heavy (non-hydrogen) atoms. The summed E-state index contributed by atoms with van der Waals surface area (Å²) in [4.78, 5) is 29.8. The molecule has 0 saturated heterocycles. The molecule has 146 valence electrons. The highest BCUT2D eigenvalue weighted by Gasteiger charge is 2.33. The van der Waals surface area contributed by atoms with Crippen molar-refractivity contribution in [1.82, 2.24) is 14.9 Å². The number of pyridine rings is 2. The average Bonchev–Trinajstić information content (AvgIpc) is 3.41. The number of hydrogen-bond acceptors (Lipinski definition) is 4. The Balaban J connectivity index is 1.84. The molecular weight excluding hydrogens is 366 g/mol. The van der Waals surface area contributed by atoms with E-state index in [1.54, 1.807) is 22.9 Å². The summed E-state index contributed by atoms with van der Waals surface area (Å²) in [5.41, 5.74) is 1.73. The molecule has 0 bridgehead atoms. The monoisotopic (exact) mass is 387 g/mol. The highest BCUT2D eigenvalue weighted by Crippen LogP contribution is 2.28. The molecule has 3 aromatic rings. The Hall–Kier alpha value is -3.43. The number of aliphatic hydroxyl groups excluding tert-OH is 1. The van der Waals surface area contributed by atoms with Gasteiger partial charge in [0.25, 0.3) is 5.91 Å². The van der Waals surface area contributed by atoms with E-state index in [1.807, 2.05) is 38.1 Å². The number of benzene rings is 1. The zero-order valence-electron chi connectivity index (χ0n) is 16.2. The van der Waals surface area contributed by atoms with Crippen LogP contribution >= 0.6 is 0 Å². The summed E-state index contributed by atoms with van der Waals surface area (Å²) in [5, 5.41) is 12.6. The topological polar surface area (TPSA) is 84.2 Å². The molecule has 4 rings (SSSR count). The first-order chi connectivity index (χ1) is 13.9. The number of carbonyl (C=O) groups is 1. The first-order valence-electron chi connectivity index (χ1n) is 9.55. The minimum atomic E-state index is -0.414. The summed E-state index contributed by atoms with van der Waals surface area (Å²) >= 11 is 0. The highest BCUT2D eigenvalue weighted by molar-refractivity contribution is 5.97. The standard InChI is InChI=1S/C23H21N3O3/c1-14(2)25-23(29)19-13-26(22-18(21(19)28)7-4-10-24-22)17-6-3-5-15(11-17)8-9-16-12-20(16)27/h3-7,10-11,13-14,16,20,27H,12H2,1-2H3,(H,25,29). The van der Waals surface area contributed by atoms with Crippen molar-refractivity contribution in [3.63, 3.8) is 0 Å². The first kappa shape index (κ1) is 18.9. The second-order valence-electron chi connectivity index (χ2n) is 7.47. The largest absolute Gasteiger partial charge is 0.392 e. The van der Waals surface area contributed by atoms with Gasteiger partial charge < -0.3 is 15.0 Å². The van der Waals surface area contributed by atoms with Gasteiger partial charge in [-0.1, -0.05) is 17.9 Å². The van der Waals surface area contributed by atoms with Crippen LogP contribution in [0.15, 0.2) is 53.6 Å². The highest BCUT2D eigenvalue weighted by atomic mass is 16.3. The molecule has 2 atom stereocenters. The van der Waals surface area contributed by atoms with Gasteiger partial charge in [0.2, 0.25) is 5.43 Å². The Bertz CT molecular complexity index is 1220. The number of rotatable bonds is 3. The van der Waals surface area contributed by atoms with Crippen LogP contribution in [0.3, 0.4) is 0 Å². The molecule has 0 radical (unpaired) electrons. The molecule has 1 fully saturated rings. The van der Waals surface area contributed by atoms with Crippen molar-refractivity contribution < 1.29 is 9.90 Å². The molecule has 0 aliphatic heterocycles. The number of nitrogens with one attached hydrogen (secondary N) is 1. The number of aromatic nitrogens is 2. The molecule has 0 spiro atoms. The van der Waals surface area contributed by atoms with Crippen LogP contribution in [0.2, 0.25) is 0 Å². The number of nitrogens with zero attached hydrogens (tertiary/aromatic N) is 2. The van der Waals surface area contributed by atoms with Crippen LogP contribution in [0.25, 0.3) is 16.7 Å². The number of hydrogen-bond donors (Lipinski definition) is 2. The number of amides is 1. The van der Waals surface area contributed by atoms with E-state index in [1.165, 1.54) is 6.20 Å². The van der Waals surface area contributed by atoms with Gasteiger partial charge in [-0.05, 0) is 50.6 Å². The molecule has 1 amide bonds. The van der Waals surface area contributed by atoms with E-state index in [4.69, 9.17) is 0 Å². The van der Waals surface area contributed by atoms with Crippen LogP contribution in [-0.2, 0) is 0 Å². The summed E-state index contributed by atoms with van der Waals surface area (Å²) in [6.07, 6.45) is 3.55. The van der Waals surface area contributed by atoms with Crippen LogP contribution in [0.1, 0.15) is 36.2 Å². The second-order valence-corrected chi connectivity index (χ2v) is 7.47. The third kappa shape index (κ3) is 3.91. The van der Waals surface area contributed by atoms with E-state index in [0.29, 0.717) is 11.0 Å². The average molecular weight is 387 g/mol. The van der Waals surface area contributed by atoms with Gasteiger partial charge in [0, 0.05) is 35.6 Å². The fraction of sp³-hybridized carbons (Fsp3) is 0.261. The van der Waals surface area contributed by atoms with E-state index in [-0.39, 0.29) is 29.1 Å². The Labute approximate surface area is 168 Å². The lowest BCUT2D eigenvalue weighted by Gasteiger charge is -2.14. The Morgan fingerprint density at radius 3 is 2.83 bits per heavy atom. The third-order valence-electron chi connectivity index (χ3n) is 4.71. The van der Waals surface area contributed by atoms with Crippen molar-refractivity contribution in [2.75, 3.05) is 0 Å². The van der Waals surface area contributed by atoms with Gasteiger partial charge in [0.05, 0.1) is 11.5 Å². The Morgan fingerprint density at radius 1 is 1.31 bits per heavy atom. The minimum Gasteiger partial charge on any atom is -0.392 e. The first-order valence-corrected chi connectivity index (χ1v) is 9.55. The predicted molar refractivity (Wildman–Crippen MR) is 111 cm³/mol. The van der Waals surface area contributed by atoms with Crippen molar-refractivity contribution in [3.8, 4) is 17.5 Å². The van der Waals surface area contributed by atoms with Gasteiger partial charge in [-0.25, -0.2) is 4.98 Å². The Morgan fingerprint density at radius 2 is 2.10 bits per heavy atom. The van der Waals surface area contributed by atoms with Gasteiger partial charge in [-0.3, -0.25) is 9.59 Å². The van der Waals surface area contributed by atoms with Crippen LogP contribution in [0.4, 0.5) is 0 Å².